The average Bonchev–Trinajstić information content (AvgIpc) is 2.76. The maximum atomic E-state index is 14.3. The summed E-state index contributed by atoms with van der Waals surface area (Å²) in [5, 5.41) is 2.69. The lowest BCUT2D eigenvalue weighted by Crippen LogP contribution is -2.14. The van der Waals surface area contributed by atoms with Crippen molar-refractivity contribution in [2.24, 2.45) is 5.73 Å². The number of nitrogens with zero attached hydrogens (tertiary/aromatic N) is 1. The van der Waals surface area contributed by atoms with E-state index in [2.05, 4.69) is 10.3 Å². The number of carbonyl (C=O) groups excluding carboxylic acids is 2. The highest BCUT2D eigenvalue weighted by molar-refractivity contribution is 6.01. The maximum absolute atomic E-state index is 14.3. The van der Waals surface area contributed by atoms with Crippen LogP contribution in [0.3, 0.4) is 0 Å². The van der Waals surface area contributed by atoms with Gasteiger partial charge >= 0.3 is 0 Å². The van der Waals surface area contributed by atoms with Gasteiger partial charge in [-0.2, -0.15) is 0 Å². The zero-order chi connectivity index (χ0) is 22.1. The van der Waals surface area contributed by atoms with Crippen LogP contribution in [0.2, 0.25) is 0 Å². The Kier molecular flexibility index (Phi) is 7.31. The summed E-state index contributed by atoms with van der Waals surface area (Å²) in [5.74, 6) is -0.331. The number of rotatable bonds is 9. The van der Waals surface area contributed by atoms with E-state index in [-0.39, 0.29) is 24.7 Å². The fourth-order valence-electron chi connectivity index (χ4n) is 2.50. The number of amides is 2. The number of aromatic nitrogens is 1. The SMILES string of the molecule is NC(=O)CCOc1ccc(NC(=O)/C=C/c2ccc(Oc3cccnc3)c(F)c2)cc1. The molecule has 8 heteroatoms. The van der Waals surface area contributed by atoms with Crippen molar-refractivity contribution in [3.8, 4) is 17.2 Å². The lowest BCUT2D eigenvalue weighted by atomic mass is 10.2. The fraction of sp³-hybridized carbons (Fsp3) is 0.0870. The molecule has 3 aromatic rings. The molecule has 7 nitrogen and oxygen atoms in total. The molecule has 3 N–H and O–H groups in total. The number of carbonyl (C=O) groups is 2. The van der Waals surface area contributed by atoms with Crippen LogP contribution in [0.4, 0.5) is 10.1 Å². The Morgan fingerprint density at radius 2 is 1.90 bits per heavy atom. The van der Waals surface area contributed by atoms with Gasteiger partial charge in [0, 0.05) is 18.0 Å². The van der Waals surface area contributed by atoms with Crippen molar-refractivity contribution in [3.63, 3.8) is 0 Å². The van der Waals surface area contributed by atoms with Crippen molar-refractivity contribution in [2.75, 3.05) is 11.9 Å². The molecule has 0 fully saturated rings. The first kappa shape index (κ1) is 21.5. The summed E-state index contributed by atoms with van der Waals surface area (Å²) in [6.45, 7) is 0.187. The third-order valence-electron chi connectivity index (χ3n) is 3.98. The number of hydrogen-bond donors (Lipinski definition) is 2. The van der Waals surface area contributed by atoms with Crippen LogP contribution in [0.5, 0.6) is 17.2 Å². The Morgan fingerprint density at radius 3 is 2.58 bits per heavy atom. The van der Waals surface area contributed by atoms with Crippen LogP contribution < -0.4 is 20.5 Å². The molecule has 0 spiro atoms. The molecule has 0 unspecified atom stereocenters. The van der Waals surface area contributed by atoms with E-state index in [0.717, 1.165) is 0 Å². The number of halogens is 1. The van der Waals surface area contributed by atoms with Crippen molar-refractivity contribution in [1.29, 1.82) is 0 Å². The van der Waals surface area contributed by atoms with E-state index in [1.807, 2.05) is 0 Å². The van der Waals surface area contributed by atoms with Crippen molar-refractivity contribution in [1.82, 2.24) is 4.98 Å². The van der Waals surface area contributed by atoms with Gasteiger partial charge in [-0.25, -0.2) is 4.39 Å². The van der Waals surface area contributed by atoms with Crippen molar-refractivity contribution in [2.45, 2.75) is 6.42 Å². The molecule has 0 aliphatic rings. The van der Waals surface area contributed by atoms with Crippen molar-refractivity contribution in [3.05, 3.63) is 84.4 Å². The summed E-state index contributed by atoms with van der Waals surface area (Å²) >= 11 is 0. The number of primary amides is 1. The van der Waals surface area contributed by atoms with Gasteiger partial charge in [-0.15, -0.1) is 0 Å². The van der Waals surface area contributed by atoms with Gasteiger partial charge in [0.15, 0.2) is 11.6 Å². The Labute approximate surface area is 178 Å². The molecule has 2 aromatic carbocycles. The van der Waals surface area contributed by atoms with Gasteiger partial charge in [0.05, 0.1) is 19.2 Å². The molecule has 2 amide bonds. The molecule has 0 bridgehead atoms. The van der Waals surface area contributed by atoms with E-state index in [1.165, 1.54) is 30.5 Å². The standard InChI is InChI=1S/C23H20FN3O4/c24-20-14-16(3-9-21(20)31-19-2-1-12-26-15-19)4-10-23(29)27-17-5-7-18(8-6-17)30-13-11-22(25)28/h1-10,12,14-15H,11,13H2,(H2,25,28)(H,27,29)/b10-4+. The van der Waals surface area contributed by atoms with E-state index in [0.29, 0.717) is 22.7 Å². The first-order chi connectivity index (χ1) is 15.0. The smallest absolute Gasteiger partial charge is 0.248 e. The van der Waals surface area contributed by atoms with Crippen LogP contribution in [0, 0.1) is 5.82 Å². The molecule has 0 radical (unpaired) electrons. The second-order valence-corrected chi connectivity index (χ2v) is 6.39. The normalized spacial score (nSPS) is 10.6. The predicted octanol–water partition coefficient (Wildman–Crippen LogP) is 3.92. The number of nitrogens with two attached hydrogens (primary N) is 1. The zero-order valence-electron chi connectivity index (χ0n) is 16.5. The number of pyridine rings is 1. The topological polar surface area (TPSA) is 104 Å². The molecule has 3 rings (SSSR count). The predicted molar refractivity (Wildman–Crippen MR) is 114 cm³/mol. The average molecular weight is 421 g/mol. The first-order valence-corrected chi connectivity index (χ1v) is 9.37. The molecular weight excluding hydrogens is 401 g/mol. The fourth-order valence-corrected chi connectivity index (χ4v) is 2.50. The summed E-state index contributed by atoms with van der Waals surface area (Å²) in [6.07, 6.45) is 6.00. The highest BCUT2D eigenvalue weighted by atomic mass is 19.1. The molecule has 0 atom stereocenters. The van der Waals surface area contributed by atoms with E-state index in [1.54, 1.807) is 48.7 Å². The van der Waals surface area contributed by atoms with Gasteiger partial charge in [0.2, 0.25) is 11.8 Å². The number of nitrogens with one attached hydrogen (secondary N) is 1. The third kappa shape index (κ3) is 6.97. The number of hydrogen-bond acceptors (Lipinski definition) is 5. The lowest BCUT2D eigenvalue weighted by molar-refractivity contribution is -0.118. The summed E-state index contributed by atoms with van der Waals surface area (Å²) in [6, 6.07) is 14.4. The van der Waals surface area contributed by atoms with Gasteiger partial charge in [-0.3, -0.25) is 14.6 Å². The van der Waals surface area contributed by atoms with Gasteiger partial charge in [-0.05, 0) is 60.2 Å². The van der Waals surface area contributed by atoms with Gasteiger partial charge in [0.25, 0.3) is 0 Å². The minimum Gasteiger partial charge on any atom is -0.493 e. The number of ether oxygens (including phenoxy) is 2. The van der Waals surface area contributed by atoms with Crippen LogP contribution in [-0.2, 0) is 9.59 Å². The van der Waals surface area contributed by atoms with Crippen LogP contribution >= 0.6 is 0 Å². The summed E-state index contributed by atoms with van der Waals surface area (Å²) in [4.78, 5) is 26.7. The summed E-state index contributed by atoms with van der Waals surface area (Å²) < 4.78 is 25.1. The Hall–Kier alpha value is -4.20. The number of benzene rings is 2. The van der Waals surface area contributed by atoms with E-state index in [4.69, 9.17) is 15.2 Å². The molecule has 1 aromatic heterocycles. The van der Waals surface area contributed by atoms with Crippen LogP contribution in [0.1, 0.15) is 12.0 Å². The Bertz CT molecular complexity index is 1070. The van der Waals surface area contributed by atoms with Gasteiger partial charge in [0.1, 0.15) is 11.5 Å². The zero-order valence-corrected chi connectivity index (χ0v) is 16.5. The maximum Gasteiger partial charge on any atom is 0.248 e. The van der Waals surface area contributed by atoms with Crippen molar-refractivity contribution < 1.29 is 23.5 Å². The highest BCUT2D eigenvalue weighted by Crippen LogP contribution is 2.25. The largest absolute Gasteiger partial charge is 0.493 e. The second-order valence-electron chi connectivity index (χ2n) is 6.39. The van der Waals surface area contributed by atoms with E-state index < -0.39 is 11.7 Å². The Balaban J connectivity index is 1.53. The molecule has 0 aliphatic carbocycles. The number of anilines is 1. The van der Waals surface area contributed by atoms with Gasteiger partial charge < -0.3 is 20.5 Å². The molecule has 0 saturated carbocycles. The molecule has 0 aliphatic heterocycles. The second kappa shape index (κ2) is 10.5. The minimum absolute atomic E-state index is 0.0627. The minimum atomic E-state index is -0.557. The van der Waals surface area contributed by atoms with Crippen LogP contribution in [0.25, 0.3) is 6.08 Å². The monoisotopic (exact) mass is 421 g/mol. The third-order valence-corrected chi connectivity index (χ3v) is 3.98. The van der Waals surface area contributed by atoms with Gasteiger partial charge in [-0.1, -0.05) is 6.07 Å². The lowest BCUT2D eigenvalue weighted by Gasteiger charge is -2.07. The van der Waals surface area contributed by atoms with Crippen LogP contribution in [-0.4, -0.2) is 23.4 Å². The quantitative estimate of drug-likeness (QED) is 0.510. The van der Waals surface area contributed by atoms with E-state index >= 15 is 0 Å². The molecular formula is C23H20FN3O4. The molecule has 31 heavy (non-hydrogen) atoms. The highest BCUT2D eigenvalue weighted by Gasteiger charge is 2.06. The summed E-state index contributed by atoms with van der Waals surface area (Å²) in [7, 11) is 0. The van der Waals surface area contributed by atoms with Crippen LogP contribution in [0.15, 0.2) is 73.1 Å². The molecule has 158 valence electrons. The first-order valence-electron chi connectivity index (χ1n) is 9.37. The summed E-state index contributed by atoms with van der Waals surface area (Å²) in [5.41, 5.74) is 6.11. The Morgan fingerprint density at radius 1 is 1.10 bits per heavy atom. The van der Waals surface area contributed by atoms with Crippen molar-refractivity contribution >= 4 is 23.6 Å². The van der Waals surface area contributed by atoms with E-state index in [9.17, 15) is 14.0 Å². The molecule has 0 saturated heterocycles. The molecule has 1 heterocycles.